The molecule has 0 spiro atoms. The van der Waals surface area contributed by atoms with Gasteiger partial charge in [-0.2, -0.15) is 5.10 Å². The minimum absolute atomic E-state index is 0.0186. The maximum atomic E-state index is 12.3. The second-order valence-electron chi connectivity index (χ2n) is 7.74. The Morgan fingerprint density at radius 3 is 2.47 bits per heavy atom. The zero-order valence-corrected chi connectivity index (χ0v) is 19.7. The van der Waals surface area contributed by atoms with Crippen molar-refractivity contribution >= 4 is 51.9 Å². The van der Waals surface area contributed by atoms with Crippen LogP contribution in [-0.4, -0.2) is 21.6 Å². The van der Waals surface area contributed by atoms with Gasteiger partial charge in [-0.15, -0.1) is 0 Å². The molecule has 9 heteroatoms. The van der Waals surface area contributed by atoms with E-state index < -0.39 is 4.92 Å². The lowest BCUT2D eigenvalue weighted by atomic mass is 10.1. The fourth-order valence-corrected chi connectivity index (χ4v) is 4.09. The maximum absolute atomic E-state index is 12.3. The molecule has 1 N–H and O–H groups in total. The molecule has 172 valence electrons. The Hall–Kier alpha value is -3.68. The Morgan fingerprint density at radius 2 is 1.76 bits per heavy atom. The molecule has 0 saturated heterocycles. The van der Waals surface area contributed by atoms with Gasteiger partial charge in [0.2, 0.25) is 5.91 Å². The van der Waals surface area contributed by atoms with Crippen LogP contribution in [0.1, 0.15) is 22.4 Å². The van der Waals surface area contributed by atoms with Crippen LogP contribution in [0.15, 0.2) is 71.8 Å². The number of aromatic nitrogens is 1. The topological polar surface area (TPSA) is 89.5 Å². The number of benzene rings is 3. The number of nitrogens with zero attached hydrogens (tertiary/aromatic N) is 3. The van der Waals surface area contributed by atoms with Crippen molar-refractivity contribution in [3.63, 3.8) is 0 Å². The fraction of sp³-hybridized carbons (Fsp3) is 0.120. The molecule has 7 nitrogen and oxygen atoms in total. The van der Waals surface area contributed by atoms with Crippen molar-refractivity contribution in [2.45, 2.75) is 19.9 Å². The Labute approximate surface area is 205 Å². The molecular formula is C25H20Cl2N4O3. The second kappa shape index (κ2) is 10.1. The summed E-state index contributed by atoms with van der Waals surface area (Å²) in [5.74, 6) is -0.317. The molecule has 3 aromatic carbocycles. The lowest BCUT2D eigenvalue weighted by Crippen LogP contribution is -2.19. The number of hydrogen-bond donors (Lipinski definition) is 1. The highest BCUT2D eigenvalue weighted by Crippen LogP contribution is 2.28. The monoisotopic (exact) mass is 494 g/mol. The van der Waals surface area contributed by atoms with Crippen molar-refractivity contribution in [2.75, 3.05) is 0 Å². The Kier molecular flexibility index (Phi) is 6.95. The summed E-state index contributed by atoms with van der Waals surface area (Å²) in [5.41, 5.74) is 7.10. The largest absolute Gasteiger partial charge is 0.340 e. The zero-order valence-electron chi connectivity index (χ0n) is 18.2. The van der Waals surface area contributed by atoms with Gasteiger partial charge >= 0.3 is 0 Å². The van der Waals surface area contributed by atoms with Crippen molar-refractivity contribution in [1.29, 1.82) is 0 Å². The van der Waals surface area contributed by atoms with Crippen LogP contribution in [0.4, 0.5) is 5.69 Å². The molecule has 34 heavy (non-hydrogen) atoms. The van der Waals surface area contributed by atoms with E-state index in [2.05, 4.69) is 15.1 Å². The van der Waals surface area contributed by atoms with Gasteiger partial charge in [0.05, 0.1) is 27.6 Å². The molecule has 0 aliphatic carbocycles. The highest BCUT2D eigenvalue weighted by Gasteiger charge is 2.13. The molecule has 1 aromatic heterocycles. The molecule has 0 radical (unpaired) electrons. The van der Waals surface area contributed by atoms with Crippen molar-refractivity contribution in [1.82, 2.24) is 9.99 Å². The summed E-state index contributed by atoms with van der Waals surface area (Å²) in [7, 11) is 0. The Morgan fingerprint density at radius 1 is 1.06 bits per heavy atom. The first-order valence-corrected chi connectivity index (χ1v) is 11.2. The van der Waals surface area contributed by atoms with E-state index in [0.717, 1.165) is 27.7 Å². The zero-order chi connectivity index (χ0) is 24.2. The lowest BCUT2D eigenvalue weighted by Gasteiger charge is -2.09. The maximum Gasteiger partial charge on any atom is 0.269 e. The van der Waals surface area contributed by atoms with Crippen LogP contribution in [0, 0.1) is 17.0 Å². The number of halogens is 2. The second-order valence-corrected chi connectivity index (χ2v) is 8.56. The number of nitro groups is 1. The van der Waals surface area contributed by atoms with Crippen LogP contribution in [0.25, 0.3) is 10.9 Å². The Balaban J connectivity index is 1.52. The van der Waals surface area contributed by atoms with Crippen molar-refractivity contribution < 1.29 is 9.72 Å². The van der Waals surface area contributed by atoms with Crippen LogP contribution < -0.4 is 5.43 Å². The average molecular weight is 495 g/mol. The van der Waals surface area contributed by atoms with Gasteiger partial charge in [0, 0.05) is 40.8 Å². The number of rotatable bonds is 7. The van der Waals surface area contributed by atoms with Crippen LogP contribution in [-0.2, 0) is 17.8 Å². The molecule has 0 aliphatic heterocycles. The van der Waals surface area contributed by atoms with Crippen molar-refractivity contribution in [3.05, 3.63) is 109 Å². The smallest absolute Gasteiger partial charge is 0.269 e. The predicted molar refractivity (Wildman–Crippen MR) is 135 cm³/mol. The SMILES string of the molecule is Cc1c(/C=N\NC(=O)Cc2ccc([N+](=O)[O-])cc2)c2ccccc2n1Cc1ccc(Cl)c(Cl)c1. The summed E-state index contributed by atoms with van der Waals surface area (Å²) in [4.78, 5) is 22.6. The molecule has 4 aromatic rings. The van der Waals surface area contributed by atoms with Gasteiger partial charge in [0.1, 0.15) is 0 Å². The molecular weight excluding hydrogens is 475 g/mol. The molecule has 0 fully saturated rings. The predicted octanol–water partition coefficient (Wildman–Crippen LogP) is 5.91. The third kappa shape index (κ3) is 5.11. The van der Waals surface area contributed by atoms with Gasteiger partial charge in [0.15, 0.2) is 0 Å². The standard InChI is InChI=1S/C25H20Cl2N4O3/c1-16-21(14-28-29-25(32)13-17-6-9-19(10-7-17)31(33)34)20-4-2-3-5-24(20)30(16)15-18-8-11-22(26)23(27)12-18/h2-12,14H,13,15H2,1H3,(H,29,32)/b28-14-. The number of para-hydroxylation sites is 1. The highest BCUT2D eigenvalue weighted by molar-refractivity contribution is 6.42. The van der Waals surface area contributed by atoms with Gasteiger partial charge in [-0.25, -0.2) is 5.43 Å². The third-order valence-electron chi connectivity index (χ3n) is 5.50. The summed E-state index contributed by atoms with van der Waals surface area (Å²) >= 11 is 12.2. The number of carbonyl (C=O) groups excluding carboxylic acids is 1. The molecule has 4 rings (SSSR count). The normalized spacial score (nSPS) is 11.3. The van der Waals surface area contributed by atoms with Crippen LogP contribution >= 0.6 is 23.2 Å². The molecule has 0 saturated carbocycles. The molecule has 1 amide bonds. The molecule has 0 aliphatic rings. The number of carbonyl (C=O) groups is 1. The van der Waals surface area contributed by atoms with Gasteiger partial charge in [-0.3, -0.25) is 14.9 Å². The van der Waals surface area contributed by atoms with Gasteiger partial charge in [0.25, 0.3) is 5.69 Å². The summed E-state index contributed by atoms with van der Waals surface area (Å²) in [6, 6.07) is 19.4. The van der Waals surface area contributed by atoms with Crippen LogP contribution in [0.2, 0.25) is 10.0 Å². The number of fused-ring (bicyclic) bond motifs is 1. The van der Waals surface area contributed by atoms with Gasteiger partial charge in [-0.1, -0.05) is 59.6 Å². The minimum atomic E-state index is -0.478. The highest BCUT2D eigenvalue weighted by atomic mass is 35.5. The summed E-state index contributed by atoms with van der Waals surface area (Å²) in [5, 5.41) is 16.9. The van der Waals surface area contributed by atoms with E-state index >= 15 is 0 Å². The molecule has 0 bridgehead atoms. The van der Waals surface area contributed by atoms with Crippen LogP contribution in [0.5, 0.6) is 0 Å². The summed E-state index contributed by atoms with van der Waals surface area (Å²) < 4.78 is 2.16. The number of non-ortho nitro benzene ring substituents is 1. The van der Waals surface area contributed by atoms with Gasteiger partial charge < -0.3 is 4.57 Å². The van der Waals surface area contributed by atoms with E-state index in [1.165, 1.54) is 12.1 Å². The number of nitrogens with one attached hydrogen (secondary N) is 1. The number of nitro benzene ring substituents is 1. The van der Waals surface area contributed by atoms with E-state index in [1.807, 2.05) is 43.3 Å². The average Bonchev–Trinajstić information content (AvgIpc) is 3.08. The van der Waals surface area contributed by atoms with E-state index in [-0.39, 0.29) is 18.0 Å². The third-order valence-corrected chi connectivity index (χ3v) is 6.24. The van der Waals surface area contributed by atoms with E-state index in [0.29, 0.717) is 22.2 Å². The molecule has 0 atom stereocenters. The van der Waals surface area contributed by atoms with Crippen molar-refractivity contribution in [3.8, 4) is 0 Å². The number of hydrogen-bond acceptors (Lipinski definition) is 4. The quantitative estimate of drug-likeness (QED) is 0.197. The lowest BCUT2D eigenvalue weighted by molar-refractivity contribution is -0.384. The first-order chi connectivity index (χ1) is 16.3. The van der Waals surface area contributed by atoms with E-state index in [4.69, 9.17) is 23.2 Å². The fourth-order valence-electron chi connectivity index (χ4n) is 3.77. The number of amides is 1. The van der Waals surface area contributed by atoms with Gasteiger partial charge in [-0.05, 0) is 36.2 Å². The van der Waals surface area contributed by atoms with Crippen LogP contribution in [0.3, 0.4) is 0 Å². The molecule has 0 unspecified atom stereocenters. The summed E-state index contributed by atoms with van der Waals surface area (Å²) in [6.07, 6.45) is 1.70. The summed E-state index contributed by atoms with van der Waals surface area (Å²) in [6.45, 7) is 2.60. The van der Waals surface area contributed by atoms with E-state index in [9.17, 15) is 14.9 Å². The van der Waals surface area contributed by atoms with Crippen molar-refractivity contribution in [2.24, 2.45) is 5.10 Å². The first-order valence-electron chi connectivity index (χ1n) is 10.4. The Bertz CT molecular complexity index is 1410. The molecule has 1 heterocycles. The van der Waals surface area contributed by atoms with E-state index in [1.54, 1.807) is 24.4 Å². The first kappa shape index (κ1) is 23.5. The number of hydrazone groups is 1. The minimum Gasteiger partial charge on any atom is -0.340 e.